The molecule has 8 nitrogen and oxygen atoms in total. The molecule has 0 unspecified atom stereocenters. The maximum atomic E-state index is 13.2. The Kier molecular flexibility index (Phi) is 4.90. The summed E-state index contributed by atoms with van der Waals surface area (Å²) in [6.45, 7) is 0.604. The molecule has 2 aliphatic heterocycles. The number of imide groups is 1. The van der Waals surface area contributed by atoms with E-state index in [1.165, 1.54) is 28.6 Å². The van der Waals surface area contributed by atoms with Crippen molar-refractivity contribution in [2.75, 3.05) is 19.6 Å². The lowest BCUT2D eigenvalue weighted by Gasteiger charge is -2.22. The molecule has 1 atom stereocenters. The van der Waals surface area contributed by atoms with Crippen LogP contribution < -0.4 is 5.32 Å². The quantitative estimate of drug-likeness (QED) is 0.551. The second kappa shape index (κ2) is 7.53. The van der Waals surface area contributed by atoms with Crippen molar-refractivity contribution in [3.63, 3.8) is 0 Å². The van der Waals surface area contributed by atoms with Crippen LogP contribution in [0.1, 0.15) is 40.7 Å². The van der Waals surface area contributed by atoms with Crippen molar-refractivity contribution < 1.29 is 22.8 Å². The molecule has 2 saturated heterocycles. The highest BCUT2D eigenvalue weighted by molar-refractivity contribution is 7.89. The molecule has 1 N–H and O–H groups in total. The van der Waals surface area contributed by atoms with Crippen LogP contribution in [0.15, 0.2) is 53.4 Å². The van der Waals surface area contributed by atoms with Gasteiger partial charge in [-0.05, 0) is 61.1 Å². The van der Waals surface area contributed by atoms with Gasteiger partial charge in [-0.2, -0.15) is 4.31 Å². The third kappa shape index (κ3) is 3.15. The zero-order valence-corrected chi connectivity index (χ0v) is 18.2. The highest BCUT2D eigenvalue weighted by atomic mass is 32.2. The largest absolute Gasteiger partial charge is 0.325 e. The Morgan fingerprint density at radius 3 is 2.41 bits per heavy atom. The van der Waals surface area contributed by atoms with Gasteiger partial charge in [-0.25, -0.2) is 13.2 Å². The lowest BCUT2D eigenvalue weighted by molar-refractivity contribution is -0.131. The lowest BCUT2D eigenvalue weighted by atomic mass is 9.92. The Balaban J connectivity index is 1.33. The van der Waals surface area contributed by atoms with Gasteiger partial charge in [0, 0.05) is 18.7 Å². The molecule has 2 fully saturated rings. The maximum absolute atomic E-state index is 13.2. The average Bonchev–Trinajstić information content (AvgIpc) is 3.51. The number of hydrogen-bond donors (Lipinski definition) is 1. The molecule has 2 heterocycles. The summed E-state index contributed by atoms with van der Waals surface area (Å²) in [7, 11) is -3.57. The highest BCUT2D eigenvalue weighted by Gasteiger charge is 2.55. The number of sulfonamides is 1. The van der Waals surface area contributed by atoms with E-state index in [2.05, 4.69) is 5.32 Å². The second-order valence-corrected chi connectivity index (χ2v) is 10.4. The van der Waals surface area contributed by atoms with Gasteiger partial charge >= 0.3 is 6.03 Å². The van der Waals surface area contributed by atoms with Gasteiger partial charge in [0.15, 0.2) is 5.78 Å². The Bertz CT molecular complexity index is 1220. The minimum Gasteiger partial charge on any atom is -0.319 e. The van der Waals surface area contributed by atoms with Crippen LogP contribution in [-0.4, -0.2) is 55.0 Å². The van der Waals surface area contributed by atoms with Crippen LogP contribution >= 0.6 is 0 Å². The number of benzene rings is 2. The Hall–Kier alpha value is -3.04. The number of hydrogen-bond acceptors (Lipinski definition) is 5. The fraction of sp³-hybridized carbons (Fsp3) is 0.348. The number of nitrogens with one attached hydrogen (secondary N) is 1. The molecule has 166 valence electrons. The molecule has 32 heavy (non-hydrogen) atoms. The first-order valence-electron chi connectivity index (χ1n) is 10.7. The standard InChI is InChI=1S/C23H23N3O5S/c27-20(17-7-9-18(10-8-17)32(30,31)25-13-3-4-14-25)15-26-21(28)23(24-22(26)29)12-11-16-5-1-2-6-19(16)23/h1-2,5-10H,3-4,11-15H2,(H,24,29)/t23-/m1/s1. The van der Waals surface area contributed by atoms with Gasteiger partial charge in [0.1, 0.15) is 5.54 Å². The lowest BCUT2D eigenvalue weighted by Crippen LogP contribution is -2.42. The zero-order chi connectivity index (χ0) is 22.5. The molecule has 2 aromatic carbocycles. The number of rotatable bonds is 5. The van der Waals surface area contributed by atoms with Crippen molar-refractivity contribution in [3.8, 4) is 0 Å². The van der Waals surface area contributed by atoms with Gasteiger partial charge in [0.05, 0.1) is 11.4 Å². The molecule has 1 spiro atoms. The third-order valence-corrected chi connectivity index (χ3v) is 8.52. The molecule has 0 radical (unpaired) electrons. The number of nitrogens with zero attached hydrogens (tertiary/aromatic N) is 2. The summed E-state index contributed by atoms with van der Waals surface area (Å²) < 4.78 is 26.8. The van der Waals surface area contributed by atoms with E-state index in [-0.39, 0.29) is 10.5 Å². The number of ketones is 1. The molecule has 9 heteroatoms. The van der Waals surface area contributed by atoms with Crippen molar-refractivity contribution in [1.29, 1.82) is 0 Å². The van der Waals surface area contributed by atoms with Crippen molar-refractivity contribution in [1.82, 2.24) is 14.5 Å². The number of amides is 3. The maximum Gasteiger partial charge on any atom is 0.325 e. The normalized spacial score (nSPS) is 23.1. The molecular formula is C23H23N3O5S. The summed E-state index contributed by atoms with van der Waals surface area (Å²) in [4.78, 5) is 39.7. The van der Waals surface area contributed by atoms with Crippen LogP contribution in [0.2, 0.25) is 0 Å². The van der Waals surface area contributed by atoms with Crippen LogP contribution in [0.3, 0.4) is 0 Å². The first kappa shape index (κ1) is 20.8. The smallest absolute Gasteiger partial charge is 0.319 e. The van der Waals surface area contributed by atoms with E-state index in [1.54, 1.807) is 0 Å². The molecule has 0 bridgehead atoms. The van der Waals surface area contributed by atoms with Gasteiger partial charge in [0.2, 0.25) is 10.0 Å². The summed E-state index contributed by atoms with van der Waals surface area (Å²) in [5, 5.41) is 2.80. The van der Waals surface area contributed by atoms with Gasteiger partial charge in [-0.1, -0.05) is 24.3 Å². The Morgan fingerprint density at radius 2 is 1.69 bits per heavy atom. The minimum absolute atomic E-state index is 0.132. The summed E-state index contributed by atoms with van der Waals surface area (Å²) >= 11 is 0. The van der Waals surface area contributed by atoms with Gasteiger partial charge < -0.3 is 5.32 Å². The van der Waals surface area contributed by atoms with E-state index in [0.717, 1.165) is 28.9 Å². The Morgan fingerprint density at radius 1 is 1.00 bits per heavy atom. The monoisotopic (exact) mass is 453 g/mol. The van der Waals surface area contributed by atoms with E-state index in [0.29, 0.717) is 25.9 Å². The third-order valence-electron chi connectivity index (χ3n) is 6.60. The summed E-state index contributed by atoms with van der Waals surface area (Å²) in [5.74, 6) is -0.851. The van der Waals surface area contributed by atoms with Crippen molar-refractivity contribution in [2.45, 2.75) is 36.1 Å². The van der Waals surface area contributed by atoms with E-state index in [1.807, 2.05) is 24.3 Å². The summed E-state index contributed by atoms with van der Waals surface area (Å²) in [6.07, 6.45) is 2.82. The predicted octanol–water partition coefficient (Wildman–Crippen LogP) is 2.05. The Labute approximate surface area is 186 Å². The number of fused-ring (bicyclic) bond motifs is 2. The molecule has 5 rings (SSSR count). The van der Waals surface area contributed by atoms with E-state index in [4.69, 9.17) is 0 Å². The van der Waals surface area contributed by atoms with Crippen LogP contribution in [0.25, 0.3) is 0 Å². The van der Waals surface area contributed by atoms with Crippen LogP contribution in [-0.2, 0) is 26.8 Å². The fourth-order valence-electron chi connectivity index (χ4n) is 4.86. The van der Waals surface area contributed by atoms with E-state index in [9.17, 15) is 22.8 Å². The minimum atomic E-state index is -3.57. The average molecular weight is 454 g/mol. The van der Waals surface area contributed by atoms with Gasteiger partial charge in [-0.15, -0.1) is 0 Å². The molecule has 3 aliphatic rings. The predicted molar refractivity (Wildman–Crippen MR) is 115 cm³/mol. The summed E-state index contributed by atoms with van der Waals surface area (Å²) in [5.41, 5.74) is 0.939. The van der Waals surface area contributed by atoms with E-state index < -0.39 is 39.8 Å². The van der Waals surface area contributed by atoms with E-state index >= 15 is 0 Å². The molecule has 0 saturated carbocycles. The van der Waals surface area contributed by atoms with Crippen LogP contribution in [0, 0.1) is 0 Å². The zero-order valence-electron chi connectivity index (χ0n) is 17.4. The fourth-order valence-corrected chi connectivity index (χ4v) is 6.38. The number of Topliss-reactive ketones (excluding diaryl/α,β-unsaturated/α-hetero) is 1. The first-order chi connectivity index (χ1) is 15.3. The van der Waals surface area contributed by atoms with Gasteiger partial charge in [-0.3, -0.25) is 14.5 Å². The molecule has 1 aliphatic carbocycles. The highest BCUT2D eigenvalue weighted by Crippen LogP contribution is 2.41. The summed E-state index contributed by atoms with van der Waals surface area (Å²) in [6, 6.07) is 12.6. The number of aryl methyl sites for hydroxylation is 1. The van der Waals surface area contributed by atoms with Crippen molar-refractivity contribution in [2.24, 2.45) is 0 Å². The van der Waals surface area contributed by atoms with Crippen molar-refractivity contribution in [3.05, 3.63) is 65.2 Å². The number of urea groups is 1. The SMILES string of the molecule is O=C(CN1C(=O)N[C@@]2(CCc3ccccc32)C1=O)c1ccc(S(=O)(=O)N2CCCC2)cc1. The number of carbonyl (C=O) groups excluding carboxylic acids is 3. The second-order valence-electron chi connectivity index (χ2n) is 8.44. The molecule has 3 amide bonds. The molecule has 2 aromatic rings. The van der Waals surface area contributed by atoms with Crippen molar-refractivity contribution >= 4 is 27.7 Å². The van der Waals surface area contributed by atoms with Crippen LogP contribution in [0.4, 0.5) is 4.79 Å². The molecule has 0 aromatic heterocycles. The number of carbonyl (C=O) groups is 3. The van der Waals surface area contributed by atoms with Gasteiger partial charge in [0.25, 0.3) is 5.91 Å². The first-order valence-corrected chi connectivity index (χ1v) is 12.1. The topological polar surface area (TPSA) is 104 Å². The molecular weight excluding hydrogens is 430 g/mol. The van der Waals surface area contributed by atoms with Crippen LogP contribution in [0.5, 0.6) is 0 Å².